The van der Waals surface area contributed by atoms with E-state index in [9.17, 15) is 0 Å². The van der Waals surface area contributed by atoms with E-state index >= 15 is 0 Å². The van der Waals surface area contributed by atoms with E-state index in [2.05, 4.69) is 35.2 Å². The van der Waals surface area contributed by atoms with Crippen molar-refractivity contribution < 1.29 is 4.74 Å². The van der Waals surface area contributed by atoms with Crippen LogP contribution in [-0.4, -0.2) is 23.1 Å². The van der Waals surface area contributed by atoms with Crippen LogP contribution in [0.4, 0.5) is 0 Å². The maximum Gasteiger partial charge on any atom is 0.119 e. The van der Waals surface area contributed by atoms with Crippen LogP contribution >= 0.6 is 0 Å². The molecule has 1 aromatic heterocycles. The zero-order valence-corrected chi connectivity index (χ0v) is 12.3. The van der Waals surface area contributed by atoms with Crippen LogP contribution in [0.5, 0.6) is 5.75 Å². The fraction of sp³-hybridized carbons (Fsp3) is 0.375. The minimum atomic E-state index is 0.171. The van der Waals surface area contributed by atoms with E-state index in [-0.39, 0.29) is 6.04 Å². The highest BCUT2D eigenvalue weighted by molar-refractivity contribution is 5.27. The Hall–Kier alpha value is -1.94. The number of aromatic nitrogens is 2. The van der Waals surface area contributed by atoms with Gasteiger partial charge in [0.05, 0.1) is 11.4 Å². The van der Waals surface area contributed by atoms with Crippen molar-refractivity contribution in [3.05, 3.63) is 53.6 Å². The van der Waals surface area contributed by atoms with Crippen molar-refractivity contribution in [3.8, 4) is 5.75 Å². The van der Waals surface area contributed by atoms with Gasteiger partial charge in [0.2, 0.25) is 0 Å². The fourth-order valence-corrected chi connectivity index (χ4v) is 2.09. The normalized spacial score (nSPS) is 12.2. The van der Waals surface area contributed by atoms with Gasteiger partial charge < -0.3 is 10.1 Å². The fourth-order valence-electron chi connectivity index (χ4n) is 2.09. The molecule has 1 atom stereocenters. The number of benzene rings is 1. The van der Waals surface area contributed by atoms with Gasteiger partial charge >= 0.3 is 0 Å². The Morgan fingerprint density at radius 2 is 2.00 bits per heavy atom. The molecule has 0 saturated carbocycles. The average molecular weight is 271 g/mol. The molecule has 0 radical (unpaired) electrons. The monoisotopic (exact) mass is 271 g/mol. The lowest BCUT2D eigenvalue weighted by molar-refractivity contribution is 0.306. The molecule has 1 aromatic carbocycles. The maximum absolute atomic E-state index is 5.70. The Kier molecular flexibility index (Phi) is 5.07. The van der Waals surface area contributed by atoms with Gasteiger partial charge in [-0.3, -0.25) is 9.97 Å². The summed E-state index contributed by atoms with van der Waals surface area (Å²) in [6.45, 7) is 7.52. The summed E-state index contributed by atoms with van der Waals surface area (Å²) in [5.41, 5.74) is 3.16. The van der Waals surface area contributed by atoms with Crippen LogP contribution in [-0.2, 0) is 0 Å². The molecule has 1 unspecified atom stereocenters. The lowest BCUT2D eigenvalue weighted by Crippen LogP contribution is -2.25. The first-order valence-electron chi connectivity index (χ1n) is 6.87. The Bertz CT molecular complexity index is 557. The molecule has 2 aromatic rings. The van der Waals surface area contributed by atoms with Gasteiger partial charge in [-0.2, -0.15) is 0 Å². The Morgan fingerprint density at radius 3 is 2.75 bits per heavy atom. The Labute approximate surface area is 120 Å². The van der Waals surface area contributed by atoms with Gasteiger partial charge in [-0.1, -0.05) is 12.1 Å². The number of hydrogen-bond donors (Lipinski definition) is 1. The molecule has 0 bridgehead atoms. The molecule has 0 aliphatic rings. The summed E-state index contributed by atoms with van der Waals surface area (Å²) in [7, 11) is 0. The predicted molar refractivity (Wildman–Crippen MR) is 79.9 cm³/mol. The van der Waals surface area contributed by atoms with Crippen LogP contribution in [0.3, 0.4) is 0 Å². The quantitative estimate of drug-likeness (QED) is 0.821. The lowest BCUT2D eigenvalue weighted by atomic mass is 10.2. The summed E-state index contributed by atoms with van der Waals surface area (Å²) < 4.78 is 5.70. The van der Waals surface area contributed by atoms with E-state index in [1.165, 1.54) is 5.56 Å². The molecule has 0 aliphatic carbocycles. The minimum Gasteiger partial charge on any atom is -0.492 e. The van der Waals surface area contributed by atoms with Crippen molar-refractivity contribution in [2.24, 2.45) is 0 Å². The van der Waals surface area contributed by atoms with Gasteiger partial charge in [-0.25, -0.2) is 0 Å². The van der Waals surface area contributed by atoms with Crippen molar-refractivity contribution in [1.29, 1.82) is 0 Å². The van der Waals surface area contributed by atoms with Crippen LogP contribution in [0, 0.1) is 13.8 Å². The summed E-state index contributed by atoms with van der Waals surface area (Å²) in [6, 6.07) is 8.25. The average Bonchev–Trinajstić information content (AvgIpc) is 2.44. The first-order valence-corrected chi connectivity index (χ1v) is 6.87. The second-order valence-corrected chi connectivity index (χ2v) is 4.87. The van der Waals surface area contributed by atoms with Gasteiger partial charge in [0.25, 0.3) is 0 Å². The molecule has 0 fully saturated rings. The largest absolute Gasteiger partial charge is 0.492 e. The number of rotatable bonds is 6. The molecule has 1 N–H and O–H groups in total. The first kappa shape index (κ1) is 14.5. The van der Waals surface area contributed by atoms with Crippen LogP contribution in [0.1, 0.15) is 29.9 Å². The number of nitrogens with zero attached hydrogens (tertiary/aromatic N) is 2. The van der Waals surface area contributed by atoms with E-state index < -0.39 is 0 Å². The number of aryl methyl sites for hydroxylation is 2. The SMILES string of the molecule is Cc1cccc(OCCNC(C)c2nccnc2C)c1. The van der Waals surface area contributed by atoms with Crippen molar-refractivity contribution >= 4 is 0 Å². The van der Waals surface area contributed by atoms with E-state index in [1.807, 2.05) is 25.1 Å². The molecule has 20 heavy (non-hydrogen) atoms. The van der Waals surface area contributed by atoms with Crippen molar-refractivity contribution in [1.82, 2.24) is 15.3 Å². The van der Waals surface area contributed by atoms with Gasteiger partial charge in [0.15, 0.2) is 0 Å². The zero-order valence-electron chi connectivity index (χ0n) is 12.3. The second kappa shape index (κ2) is 7.01. The third-order valence-electron chi connectivity index (χ3n) is 3.14. The lowest BCUT2D eigenvalue weighted by Gasteiger charge is -2.15. The van der Waals surface area contributed by atoms with Gasteiger partial charge in [0.1, 0.15) is 12.4 Å². The summed E-state index contributed by atoms with van der Waals surface area (Å²) in [5, 5.41) is 3.40. The molecular weight excluding hydrogens is 250 g/mol. The molecule has 0 saturated heterocycles. The van der Waals surface area contributed by atoms with Crippen molar-refractivity contribution in [2.45, 2.75) is 26.8 Å². The van der Waals surface area contributed by atoms with Crippen molar-refractivity contribution in [3.63, 3.8) is 0 Å². The van der Waals surface area contributed by atoms with E-state index in [4.69, 9.17) is 4.74 Å². The molecule has 0 aliphatic heterocycles. The highest BCUT2D eigenvalue weighted by atomic mass is 16.5. The zero-order chi connectivity index (χ0) is 14.4. The summed E-state index contributed by atoms with van der Waals surface area (Å²) in [4.78, 5) is 8.61. The van der Waals surface area contributed by atoms with Gasteiger partial charge in [-0.15, -0.1) is 0 Å². The Balaban J connectivity index is 1.77. The van der Waals surface area contributed by atoms with Crippen LogP contribution in [0.25, 0.3) is 0 Å². The number of nitrogens with one attached hydrogen (secondary N) is 1. The topological polar surface area (TPSA) is 47.0 Å². The molecule has 0 amide bonds. The molecule has 4 heteroatoms. The van der Waals surface area contributed by atoms with E-state index in [0.29, 0.717) is 6.61 Å². The Morgan fingerprint density at radius 1 is 1.20 bits per heavy atom. The highest BCUT2D eigenvalue weighted by Gasteiger charge is 2.09. The number of ether oxygens (including phenoxy) is 1. The minimum absolute atomic E-state index is 0.171. The summed E-state index contributed by atoms with van der Waals surface area (Å²) in [6.07, 6.45) is 3.44. The third kappa shape index (κ3) is 4.03. The van der Waals surface area contributed by atoms with Crippen molar-refractivity contribution in [2.75, 3.05) is 13.2 Å². The van der Waals surface area contributed by atoms with Gasteiger partial charge in [0, 0.05) is 25.0 Å². The molecule has 4 nitrogen and oxygen atoms in total. The molecule has 2 rings (SSSR count). The molecule has 0 spiro atoms. The summed E-state index contributed by atoms with van der Waals surface area (Å²) >= 11 is 0. The van der Waals surface area contributed by atoms with Crippen LogP contribution in [0.2, 0.25) is 0 Å². The first-order chi connectivity index (χ1) is 9.66. The van der Waals surface area contributed by atoms with Crippen LogP contribution in [0.15, 0.2) is 36.7 Å². The summed E-state index contributed by atoms with van der Waals surface area (Å²) in [5.74, 6) is 0.912. The van der Waals surface area contributed by atoms with Crippen LogP contribution < -0.4 is 10.1 Å². The highest BCUT2D eigenvalue weighted by Crippen LogP contribution is 2.13. The molecular formula is C16H21N3O. The standard InChI is InChI=1S/C16H21N3O/c1-12-5-4-6-15(11-12)20-10-9-18-14(3)16-13(2)17-7-8-19-16/h4-8,11,14,18H,9-10H2,1-3H3. The maximum atomic E-state index is 5.70. The van der Waals surface area contributed by atoms with Gasteiger partial charge in [-0.05, 0) is 38.5 Å². The third-order valence-corrected chi connectivity index (χ3v) is 3.14. The number of hydrogen-bond acceptors (Lipinski definition) is 4. The second-order valence-electron chi connectivity index (χ2n) is 4.87. The molecule has 106 valence electrons. The molecule has 1 heterocycles. The van der Waals surface area contributed by atoms with E-state index in [1.54, 1.807) is 12.4 Å². The smallest absolute Gasteiger partial charge is 0.119 e. The predicted octanol–water partition coefficient (Wildman–Crippen LogP) is 2.82. The van der Waals surface area contributed by atoms with E-state index in [0.717, 1.165) is 23.7 Å².